The van der Waals surface area contributed by atoms with Gasteiger partial charge >= 0.3 is 0 Å². The summed E-state index contributed by atoms with van der Waals surface area (Å²) in [4.78, 5) is 0. The molecule has 3 nitrogen and oxygen atoms in total. The Morgan fingerprint density at radius 2 is 1.08 bits per heavy atom. The van der Waals surface area contributed by atoms with Crippen molar-refractivity contribution in [1.29, 1.82) is 5.26 Å². The van der Waals surface area contributed by atoms with Gasteiger partial charge in [0.15, 0.2) is 0 Å². The second-order valence-electron chi connectivity index (χ2n) is 13.7. The fourth-order valence-corrected chi connectivity index (χ4v) is 7.79. The van der Waals surface area contributed by atoms with E-state index in [0.29, 0.717) is 5.56 Å². The van der Waals surface area contributed by atoms with Gasteiger partial charge in [0.1, 0.15) is 0 Å². The predicted molar refractivity (Wildman–Crippen MR) is 223 cm³/mol. The molecule has 0 radical (unpaired) electrons. The number of nitriles is 1. The van der Waals surface area contributed by atoms with Crippen molar-refractivity contribution in [3.8, 4) is 34.0 Å². The molecule has 2 heterocycles. The van der Waals surface area contributed by atoms with Crippen molar-refractivity contribution >= 4 is 49.2 Å². The molecular weight excluding hydrogens is 643 g/mol. The van der Waals surface area contributed by atoms with E-state index in [2.05, 4.69) is 167 Å². The zero-order valence-electron chi connectivity index (χ0n) is 29.4. The highest BCUT2D eigenvalue weighted by atomic mass is 15.0. The Labute approximate surface area is 309 Å². The quantitative estimate of drug-likeness (QED) is 0.110. The lowest BCUT2D eigenvalue weighted by Crippen LogP contribution is -1.97. The molecule has 53 heavy (non-hydrogen) atoms. The molecule has 3 heteroatoms. The summed E-state index contributed by atoms with van der Waals surface area (Å²) >= 11 is 0. The number of allylic oxidation sites excluding steroid dienone is 3. The van der Waals surface area contributed by atoms with Gasteiger partial charge in [0.25, 0.3) is 0 Å². The van der Waals surface area contributed by atoms with Crippen LogP contribution in [-0.4, -0.2) is 9.13 Å². The Kier molecular flexibility index (Phi) is 8.27. The van der Waals surface area contributed by atoms with Crippen LogP contribution in [0.1, 0.15) is 24.0 Å². The number of aryl methyl sites for hydroxylation is 1. The van der Waals surface area contributed by atoms with Gasteiger partial charge in [-0.2, -0.15) is 5.26 Å². The van der Waals surface area contributed by atoms with Gasteiger partial charge in [-0.15, -0.1) is 0 Å². The zero-order valence-corrected chi connectivity index (χ0v) is 29.4. The van der Waals surface area contributed by atoms with Gasteiger partial charge in [0.2, 0.25) is 0 Å². The maximum absolute atomic E-state index is 9.20. The van der Waals surface area contributed by atoms with E-state index in [4.69, 9.17) is 0 Å². The molecule has 0 fully saturated rings. The molecular formula is C50H37N3. The maximum Gasteiger partial charge on any atom is 0.0991 e. The zero-order chi connectivity index (χ0) is 35.7. The second-order valence-corrected chi connectivity index (χ2v) is 13.7. The molecule has 0 aliphatic carbocycles. The van der Waals surface area contributed by atoms with Crippen molar-refractivity contribution in [2.24, 2.45) is 0 Å². The van der Waals surface area contributed by atoms with Gasteiger partial charge in [0, 0.05) is 44.8 Å². The highest BCUT2D eigenvalue weighted by Gasteiger charge is 2.15. The fraction of sp³-hybridized carbons (Fsp3) is 0.0600. The number of rotatable bonds is 9. The summed E-state index contributed by atoms with van der Waals surface area (Å²) in [5.74, 6) is 0. The molecule has 0 unspecified atom stereocenters. The van der Waals surface area contributed by atoms with Crippen LogP contribution in [0.15, 0.2) is 183 Å². The lowest BCUT2D eigenvalue weighted by Gasteiger charge is -2.10. The Bertz CT molecular complexity index is 2860. The molecule has 0 saturated carbocycles. The lowest BCUT2D eigenvalue weighted by molar-refractivity contribution is 0.688. The minimum atomic E-state index is 0.670. The minimum absolute atomic E-state index is 0.670. The van der Waals surface area contributed by atoms with E-state index in [0.717, 1.165) is 41.8 Å². The molecule has 0 aliphatic heterocycles. The van der Waals surface area contributed by atoms with E-state index in [1.54, 1.807) is 0 Å². The van der Waals surface area contributed by atoms with Crippen LogP contribution in [0, 0.1) is 11.3 Å². The maximum atomic E-state index is 9.20. The van der Waals surface area contributed by atoms with Gasteiger partial charge < -0.3 is 9.13 Å². The first kappa shape index (κ1) is 32.0. The topological polar surface area (TPSA) is 33.6 Å². The monoisotopic (exact) mass is 679 g/mol. The van der Waals surface area contributed by atoms with Crippen LogP contribution in [-0.2, 0) is 6.54 Å². The summed E-state index contributed by atoms with van der Waals surface area (Å²) in [6.07, 6.45) is 6.44. The van der Waals surface area contributed by atoms with Crippen LogP contribution < -0.4 is 0 Å². The number of fused-ring (bicyclic) bond motifs is 6. The highest BCUT2D eigenvalue weighted by molar-refractivity contribution is 6.12. The Morgan fingerprint density at radius 1 is 0.547 bits per heavy atom. The summed E-state index contributed by atoms with van der Waals surface area (Å²) in [5, 5.41) is 14.2. The fourth-order valence-electron chi connectivity index (χ4n) is 7.79. The van der Waals surface area contributed by atoms with Gasteiger partial charge in [-0.1, -0.05) is 122 Å². The SMILES string of the molecule is C=C(/C=C\CCCn1c2ccccc2c2cc(-c3ccc4c(c3)c3ccccc3n4-c3ccc(-c4ccc(C#N)cc4)cc3)ccc21)c1ccccc1. The van der Waals surface area contributed by atoms with Crippen molar-refractivity contribution < 1.29 is 0 Å². The largest absolute Gasteiger partial charge is 0.340 e. The van der Waals surface area contributed by atoms with Crippen LogP contribution in [0.2, 0.25) is 0 Å². The summed E-state index contributed by atoms with van der Waals surface area (Å²) in [5.41, 5.74) is 13.6. The summed E-state index contributed by atoms with van der Waals surface area (Å²) < 4.78 is 4.85. The number of unbranched alkanes of at least 4 members (excludes halogenated alkanes) is 1. The molecule has 252 valence electrons. The standard InChI is InChI=1S/C50H37N3/c1-35(37-13-5-2-6-14-37)12-4-3-11-31-52-47-17-9-7-15-43(47)45-32-40(25-29-48(45)52)41-26-30-50-46(33-41)44-16-8-10-18-49(44)53(50)42-27-23-39(24-28-42)38-21-19-36(34-51)20-22-38/h2,4-10,12-30,32-33H,1,3,11,31H2/b12-4-. The van der Waals surface area contributed by atoms with E-state index < -0.39 is 0 Å². The molecule has 2 aromatic heterocycles. The van der Waals surface area contributed by atoms with Crippen LogP contribution in [0.4, 0.5) is 0 Å². The first-order valence-corrected chi connectivity index (χ1v) is 18.2. The molecule has 0 atom stereocenters. The van der Waals surface area contributed by atoms with E-state index >= 15 is 0 Å². The van der Waals surface area contributed by atoms with E-state index in [1.807, 2.05) is 30.3 Å². The normalized spacial score (nSPS) is 11.6. The minimum Gasteiger partial charge on any atom is -0.340 e. The molecule has 0 aliphatic rings. The third-order valence-electron chi connectivity index (χ3n) is 10.5. The van der Waals surface area contributed by atoms with E-state index in [9.17, 15) is 5.26 Å². The lowest BCUT2D eigenvalue weighted by atomic mass is 10.0. The summed E-state index contributed by atoms with van der Waals surface area (Å²) in [7, 11) is 0. The first-order valence-electron chi connectivity index (χ1n) is 18.2. The number of benzene rings is 7. The van der Waals surface area contributed by atoms with Crippen molar-refractivity contribution in [3.05, 3.63) is 194 Å². The third kappa shape index (κ3) is 5.91. The molecule has 7 aromatic carbocycles. The van der Waals surface area contributed by atoms with E-state index in [-0.39, 0.29) is 0 Å². The van der Waals surface area contributed by atoms with Gasteiger partial charge in [0.05, 0.1) is 22.7 Å². The predicted octanol–water partition coefficient (Wildman–Crippen LogP) is 13.1. The molecule has 9 aromatic rings. The van der Waals surface area contributed by atoms with Crippen molar-refractivity contribution in [2.75, 3.05) is 0 Å². The number of nitrogens with zero attached hydrogens (tertiary/aromatic N) is 3. The Morgan fingerprint density at radius 3 is 1.77 bits per heavy atom. The molecule has 0 bridgehead atoms. The highest BCUT2D eigenvalue weighted by Crippen LogP contribution is 2.38. The molecule has 0 N–H and O–H groups in total. The van der Waals surface area contributed by atoms with Gasteiger partial charge in [-0.05, 0) is 107 Å². The summed E-state index contributed by atoms with van der Waals surface area (Å²) in [6.45, 7) is 5.20. The van der Waals surface area contributed by atoms with Crippen LogP contribution in [0.5, 0.6) is 0 Å². The van der Waals surface area contributed by atoms with Crippen molar-refractivity contribution in [3.63, 3.8) is 0 Å². The average Bonchev–Trinajstić information content (AvgIpc) is 3.73. The third-order valence-corrected chi connectivity index (χ3v) is 10.5. The Balaban J connectivity index is 1.03. The van der Waals surface area contributed by atoms with Crippen molar-refractivity contribution in [2.45, 2.75) is 19.4 Å². The average molecular weight is 680 g/mol. The van der Waals surface area contributed by atoms with Gasteiger partial charge in [-0.25, -0.2) is 0 Å². The first-order chi connectivity index (χ1) is 26.2. The molecule has 0 spiro atoms. The Hall–Kier alpha value is -6.89. The number of aromatic nitrogens is 2. The number of hydrogen-bond acceptors (Lipinski definition) is 1. The number of hydrogen-bond donors (Lipinski definition) is 0. The van der Waals surface area contributed by atoms with Crippen LogP contribution >= 0.6 is 0 Å². The van der Waals surface area contributed by atoms with Crippen molar-refractivity contribution in [1.82, 2.24) is 9.13 Å². The molecule has 9 rings (SSSR count). The number of para-hydroxylation sites is 2. The molecule has 0 saturated heterocycles. The second kappa shape index (κ2) is 13.7. The smallest absolute Gasteiger partial charge is 0.0991 e. The molecule has 0 amide bonds. The van der Waals surface area contributed by atoms with Crippen LogP contribution in [0.25, 0.3) is 77.1 Å². The summed E-state index contributed by atoms with van der Waals surface area (Å²) in [6, 6.07) is 60.4. The van der Waals surface area contributed by atoms with E-state index in [1.165, 1.54) is 60.3 Å². The van der Waals surface area contributed by atoms with Gasteiger partial charge in [-0.3, -0.25) is 0 Å². The van der Waals surface area contributed by atoms with Crippen LogP contribution in [0.3, 0.4) is 0 Å².